The smallest absolute Gasteiger partial charge is 0.255 e. The molecule has 3 heterocycles. The molecule has 42 heavy (non-hydrogen) atoms. The maximum Gasteiger partial charge on any atom is 0.255 e. The Hall–Kier alpha value is -3.43. The Morgan fingerprint density at radius 1 is 0.929 bits per heavy atom. The van der Waals surface area contributed by atoms with E-state index in [4.69, 9.17) is 0 Å². The summed E-state index contributed by atoms with van der Waals surface area (Å²) in [5.74, 6) is -1.79. The Labute approximate surface area is 245 Å². The highest BCUT2D eigenvalue weighted by molar-refractivity contribution is 6.05. The van der Waals surface area contributed by atoms with Crippen molar-refractivity contribution in [3.63, 3.8) is 0 Å². The molecule has 1 atom stereocenters. The summed E-state index contributed by atoms with van der Waals surface area (Å²) in [6.45, 7) is 9.54. The molecule has 6 rings (SSSR count). The number of benzene rings is 2. The third kappa shape index (κ3) is 5.90. The van der Waals surface area contributed by atoms with Gasteiger partial charge in [0.25, 0.3) is 5.91 Å². The topological polar surface area (TPSA) is 73.0 Å². The van der Waals surface area contributed by atoms with Crippen molar-refractivity contribution in [3.8, 4) is 0 Å². The second-order valence-corrected chi connectivity index (χ2v) is 13.0. The maximum atomic E-state index is 15.2. The fraction of sp³-hybridized carbons (Fsp3) is 0.485. The Morgan fingerprint density at radius 3 is 2.31 bits per heavy atom. The van der Waals surface area contributed by atoms with Crippen LogP contribution in [0.15, 0.2) is 42.0 Å². The number of piperidine rings is 1. The number of halogens is 2. The first-order valence-corrected chi connectivity index (χ1v) is 14.9. The van der Waals surface area contributed by atoms with E-state index >= 15 is 4.39 Å². The van der Waals surface area contributed by atoms with E-state index in [9.17, 15) is 18.8 Å². The van der Waals surface area contributed by atoms with Crippen LogP contribution in [0.2, 0.25) is 0 Å². The normalized spacial score (nSPS) is 23.4. The number of allylic oxidation sites excluding steroid dienone is 1. The van der Waals surface area contributed by atoms with Gasteiger partial charge in [0.1, 0.15) is 17.7 Å². The van der Waals surface area contributed by atoms with Gasteiger partial charge < -0.3 is 4.90 Å². The molecule has 0 aromatic heterocycles. The minimum atomic E-state index is -0.712. The lowest BCUT2D eigenvalue weighted by Crippen LogP contribution is -2.52. The van der Waals surface area contributed by atoms with Crippen molar-refractivity contribution in [2.24, 2.45) is 5.41 Å². The number of hydrogen-bond donors (Lipinski definition) is 1. The lowest BCUT2D eigenvalue weighted by molar-refractivity contribution is -0.136. The molecule has 2 saturated heterocycles. The molecule has 1 N–H and O–H groups in total. The zero-order valence-corrected chi connectivity index (χ0v) is 24.3. The Kier molecular flexibility index (Phi) is 7.74. The second-order valence-electron chi connectivity index (χ2n) is 13.0. The highest BCUT2D eigenvalue weighted by Gasteiger charge is 2.39. The number of carbonyl (C=O) groups is 3. The highest BCUT2D eigenvalue weighted by Crippen LogP contribution is 2.43. The van der Waals surface area contributed by atoms with Crippen LogP contribution in [-0.4, -0.2) is 71.2 Å². The highest BCUT2D eigenvalue weighted by atomic mass is 19.1. The first-order valence-electron chi connectivity index (χ1n) is 14.9. The van der Waals surface area contributed by atoms with Crippen molar-refractivity contribution in [2.45, 2.75) is 65.1 Å². The molecule has 7 nitrogen and oxygen atoms in total. The molecule has 3 aliphatic heterocycles. The van der Waals surface area contributed by atoms with Crippen molar-refractivity contribution < 1.29 is 23.2 Å². The Morgan fingerprint density at radius 2 is 1.62 bits per heavy atom. The van der Waals surface area contributed by atoms with Crippen molar-refractivity contribution in [1.82, 2.24) is 20.0 Å². The van der Waals surface area contributed by atoms with Crippen molar-refractivity contribution >= 4 is 23.3 Å². The minimum absolute atomic E-state index is 0.185. The largest absolute Gasteiger partial charge is 0.322 e. The van der Waals surface area contributed by atoms with Crippen LogP contribution in [0.5, 0.6) is 0 Å². The maximum absolute atomic E-state index is 15.2. The van der Waals surface area contributed by atoms with E-state index in [0.29, 0.717) is 17.7 Å². The van der Waals surface area contributed by atoms with Crippen LogP contribution in [0.4, 0.5) is 8.78 Å². The molecule has 2 fully saturated rings. The van der Waals surface area contributed by atoms with Gasteiger partial charge in [-0.15, -0.1) is 0 Å². The number of carbonyl (C=O) groups excluding carboxylic acids is 3. The molecule has 0 saturated carbocycles. The van der Waals surface area contributed by atoms with Crippen LogP contribution in [0.25, 0.3) is 5.57 Å². The van der Waals surface area contributed by atoms with Crippen molar-refractivity contribution in [1.29, 1.82) is 0 Å². The van der Waals surface area contributed by atoms with E-state index in [-0.39, 0.29) is 42.4 Å². The standard InChI is InChI=1S/C33H38F2N4O3/c1-33(2)10-9-22(27(17-33)21-3-5-25(34)6-4-21)18-37-11-13-38(14-12-37)19-24-15-23-20-39(32(42)26(23)16-28(24)35)29-7-8-30(40)36-31(29)41/h3-6,15-16,29H,7-14,17-20H2,1-2H3,(H,36,40,41). The van der Waals surface area contributed by atoms with E-state index in [0.717, 1.165) is 63.1 Å². The van der Waals surface area contributed by atoms with Crippen LogP contribution in [-0.2, 0) is 22.7 Å². The molecular formula is C33H38F2N4O3. The summed E-state index contributed by atoms with van der Waals surface area (Å²) >= 11 is 0. The summed E-state index contributed by atoms with van der Waals surface area (Å²) in [5.41, 5.74) is 5.68. The van der Waals surface area contributed by atoms with Crippen LogP contribution in [0.3, 0.4) is 0 Å². The molecule has 1 unspecified atom stereocenters. The van der Waals surface area contributed by atoms with E-state index in [1.807, 2.05) is 12.1 Å². The predicted octanol–water partition coefficient (Wildman–Crippen LogP) is 4.51. The van der Waals surface area contributed by atoms with Gasteiger partial charge in [-0.25, -0.2) is 8.78 Å². The summed E-state index contributed by atoms with van der Waals surface area (Å²) in [4.78, 5) is 43.0. The van der Waals surface area contributed by atoms with Gasteiger partial charge in [0, 0.05) is 63.4 Å². The van der Waals surface area contributed by atoms with Crippen LogP contribution < -0.4 is 5.32 Å². The van der Waals surface area contributed by atoms with Gasteiger partial charge in [0.2, 0.25) is 11.8 Å². The average Bonchev–Trinajstić information content (AvgIpc) is 3.26. The second kappa shape index (κ2) is 11.3. The molecule has 0 spiro atoms. The predicted molar refractivity (Wildman–Crippen MR) is 155 cm³/mol. The number of amides is 3. The summed E-state index contributed by atoms with van der Waals surface area (Å²) in [6, 6.07) is 9.24. The van der Waals surface area contributed by atoms with Gasteiger partial charge in [-0.3, -0.25) is 29.5 Å². The fourth-order valence-electron chi connectivity index (χ4n) is 6.84. The number of fused-ring (bicyclic) bond motifs is 1. The average molecular weight is 577 g/mol. The van der Waals surface area contributed by atoms with Gasteiger partial charge in [-0.2, -0.15) is 0 Å². The molecule has 4 aliphatic rings. The van der Waals surface area contributed by atoms with Crippen LogP contribution in [0, 0.1) is 17.0 Å². The number of piperazine rings is 1. The van der Waals surface area contributed by atoms with E-state index < -0.39 is 17.8 Å². The fourth-order valence-corrected chi connectivity index (χ4v) is 6.84. The lowest BCUT2D eigenvalue weighted by Gasteiger charge is -2.38. The van der Waals surface area contributed by atoms with E-state index in [2.05, 4.69) is 29.0 Å². The van der Waals surface area contributed by atoms with Gasteiger partial charge in [-0.05, 0) is 72.1 Å². The molecule has 2 aromatic carbocycles. The van der Waals surface area contributed by atoms with Crippen molar-refractivity contribution in [3.05, 3.63) is 75.9 Å². The summed E-state index contributed by atoms with van der Waals surface area (Å²) in [5, 5.41) is 2.30. The number of nitrogens with one attached hydrogen (secondary N) is 1. The van der Waals surface area contributed by atoms with Crippen molar-refractivity contribution in [2.75, 3.05) is 32.7 Å². The Bertz CT molecular complexity index is 1440. The van der Waals surface area contributed by atoms with Gasteiger partial charge in [0.05, 0.1) is 0 Å². The van der Waals surface area contributed by atoms with Crippen LogP contribution >= 0.6 is 0 Å². The zero-order chi connectivity index (χ0) is 29.6. The summed E-state index contributed by atoms with van der Waals surface area (Å²) in [7, 11) is 0. The molecule has 9 heteroatoms. The molecular weight excluding hydrogens is 538 g/mol. The monoisotopic (exact) mass is 576 g/mol. The molecule has 0 bridgehead atoms. The van der Waals surface area contributed by atoms with Crippen LogP contribution in [0.1, 0.15) is 73.0 Å². The molecule has 0 radical (unpaired) electrons. The third-order valence-electron chi connectivity index (χ3n) is 9.34. The zero-order valence-electron chi connectivity index (χ0n) is 24.3. The molecule has 1 aliphatic carbocycles. The Balaban J connectivity index is 1.09. The minimum Gasteiger partial charge on any atom is -0.322 e. The number of hydrogen-bond acceptors (Lipinski definition) is 5. The SMILES string of the molecule is CC1(C)CCC(CN2CCN(Cc3cc4c(cc3F)C(=O)N(C3CCC(=O)NC3=O)C4)CC2)=C(c2ccc(F)cc2)C1. The first kappa shape index (κ1) is 28.7. The quantitative estimate of drug-likeness (QED) is 0.513. The van der Waals surface area contributed by atoms with E-state index in [1.165, 1.54) is 22.1 Å². The first-order chi connectivity index (χ1) is 20.1. The lowest BCUT2D eigenvalue weighted by atomic mass is 9.72. The summed E-state index contributed by atoms with van der Waals surface area (Å²) < 4.78 is 28.8. The van der Waals surface area contributed by atoms with Gasteiger partial charge in [0.15, 0.2) is 0 Å². The molecule has 3 amide bonds. The number of nitrogens with zero attached hydrogens (tertiary/aromatic N) is 3. The van der Waals surface area contributed by atoms with Gasteiger partial charge in [-0.1, -0.05) is 31.6 Å². The van der Waals surface area contributed by atoms with Gasteiger partial charge >= 0.3 is 0 Å². The van der Waals surface area contributed by atoms with E-state index in [1.54, 1.807) is 18.2 Å². The number of rotatable bonds is 6. The molecule has 2 aromatic rings. The number of imide groups is 1. The summed E-state index contributed by atoms with van der Waals surface area (Å²) in [6.07, 6.45) is 3.62. The molecule has 222 valence electrons. The third-order valence-corrected chi connectivity index (χ3v) is 9.34.